The lowest BCUT2D eigenvalue weighted by molar-refractivity contribution is 0.117. The molecule has 2 saturated heterocycles. The number of nitrogens with one attached hydrogen (secondary N) is 1. The Kier molecular flexibility index (Phi) is 4.87. The van der Waals surface area contributed by atoms with E-state index in [4.69, 9.17) is 4.84 Å². The van der Waals surface area contributed by atoms with Crippen LogP contribution in [0, 0.1) is 0 Å². The van der Waals surface area contributed by atoms with Crippen LogP contribution in [0.2, 0.25) is 0 Å². The zero-order chi connectivity index (χ0) is 14.8. The lowest BCUT2D eigenvalue weighted by Gasteiger charge is -2.30. The molecule has 2 atom stereocenters. The minimum atomic E-state index is -3.23. The smallest absolute Gasteiger partial charge is 0.352 e. The number of rotatable bonds is 5. The second-order valence-corrected chi connectivity index (χ2v) is 7.64. The molecule has 0 bridgehead atoms. The van der Waals surface area contributed by atoms with Crippen LogP contribution in [0.15, 0.2) is 0 Å². The van der Waals surface area contributed by atoms with E-state index in [-0.39, 0.29) is 18.0 Å². The first kappa shape index (κ1) is 15.5. The van der Waals surface area contributed by atoms with Gasteiger partial charge in [-0.3, -0.25) is 4.90 Å². The number of carbonyl (C=O) groups excluding carboxylic acids is 1. The first-order valence-electron chi connectivity index (χ1n) is 7.14. The van der Waals surface area contributed by atoms with Crippen molar-refractivity contribution in [3.05, 3.63) is 0 Å². The summed E-state index contributed by atoms with van der Waals surface area (Å²) in [4.78, 5) is 18.3. The highest BCUT2D eigenvalue weighted by Gasteiger charge is 2.40. The summed E-state index contributed by atoms with van der Waals surface area (Å²) < 4.78 is 25.4. The van der Waals surface area contributed by atoms with Gasteiger partial charge in [0.15, 0.2) is 0 Å². The normalized spacial score (nSPS) is 27.4. The van der Waals surface area contributed by atoms with Crippen LogP contribution in [0.1, 0.15) is 39.0 Å². The lowest BCUT2D eigenvalue weighted by atomic mass is 10.1. The number of carbonyl (C=O) groups is 1. The molecule has 1 N–H and O–H groups in total. The molecule has 20 heavy (non-hydrogen) atoms. The van der Waals surface area contributed by atoms with E-state index in [9.17, 15) is 13.2 Å². The van der Waals surface area contributed by atoms with Gasteiger partial charge >= 0.3 is 6.09 Å². The third-order valence-corrected chi connectivity index (χ3v) is 5.91. The number of nitrogens with zero attached hydrogens (tertiary/aromatic N) is 2. The van der Waals surface area contributed by atoms with Crippen LogP contribution in [-0.4, -0.2) is 55.3 Å². The molecule has 0 saturated carbocycles. The summed E-state index contributed by atoms with van der Waals surface area (Å²) in [6.07, 6.45) is 3.71. The van der Waals surface area contributed by atoms with Crippen molar-refractivity contribution in [3.63, 3.8) is 0 Å². The predicted octanol–water partition coefficient (Wildman–Crippen LogP) is 0.884. The summed E-state index contributed by atoms with van der Waals surface area (Å²) in [5.41, 5.74) is 2.72. The number of hydrogen-bond donors (Lipinski definition) is 1. The molecule has 0 aromatic carbocycles. The molecule has 2 rings (SSSR count). The van der Waals surface area contributed by atoms with E-state index >= 15 is 0 Å². The van der Waals surface area contributed by atoms with Crippen molar-refractivity contribution in [2.75, 3.05) is 19.3 Å². The van der Waals surface area contributed by atoms with Crippen molar-refractivity contribution >= 4 is 16.1 Å². The molecule has 116 valence electrons. The Morgan fingerprint density at radius 2 is 2.10 bits per heavy atom. The van der Waals surface area contributed by atoms with Gasteiger partial charge in [-0.25, -0.2) is 17.5 Å². The molecule has 0 spiro atoms. The van der Waals surface area contributed by atoms with E-state index in [1.165, 1.54) is 4.31 Å². The zero-order valence-corrected chi connectivity index (χ0v) is 12.9. The highest BCUT2D eigenvalue weighted by atomic mass is 32.2. The van der Waals surface area contributed by atoms with Gasteiger partial charge in [-0.1, -0.05) is 13.3 Å². The van der Waals surface area contributed by atoms with Crippen molar-refractivity contribution in [3.8, 4) is 0 Å². The van der Waals surface area contributed by atoms with Gasteiger partial charge in [-0.15, -0.1) is 5.48 Å². The van der Waals surface area contributed by atoms with E-state index in [1.807, 2.05) is 6.92 Å². The summed E-state index contributed by atoms with van der Waals surface area (Å²) in [5, 5.41) is 0. The second kappa shape index (κ2) is 6.28. The maximum absolute atomic E-state index is 12.0. The Morgan fingerprint density at radius 3 is 2.80 bits per heavy atom. The molecule has 2 fully saturated rings. The van der Waals surface area contributed by atoms with Crippen LogP contribution in [0.25, 0.3) is 0 Å². The van der Waals surface area contributed by atoms with Crippen molar-refractivity contribution in [1.82, 2.24) is 14.7 Å². The standard InChI is InChI=1S/C12H23N3O4S/c1-3-8-20(17,18)14(2)9-10-6-4-5-7-11-13-19-12(16)15(10)11/h10-11,13H,3-9H2,1-2H3. The van der Waals surface area contributed by atoms with Crippen LogP contribution in [0.3, 0.4) is 0 Å². The number of likely N-dealkylation sites (N-methyl/N-ethyl adjacent to an activating group) is 1. The molecule has 0 radical (unpaired) electrons. The Hall–Kier alpha value is -0.860. The van der Waals surface area contributed by atoms with Gasteiger partial charge in [0.25, 0.3) is 0 Å². The number of sulfonamides is 1. The third kappa shape index (κ3) is 3.24. The minimum absolute atomic E-state index is 0.123. The summed E-state index contributed by atoms with van der Waals surface area (Å²) in [7, 11) is -1.65. The van der Waals surface area contributed by atoms with Crippen molar-refractivity contribution in [1.29, 1.82) is 0 Å². The molecule has 2 aliphatic heterocycles. The molecule has 0 aliphatic carbocycles. The van der Waals surface area contributed by atoms with Crippen molar-refractivity contribution < 1.29 is 18.0 Å². The Labute approximate surface area is 120 Å². The highest BCUT2D eigenvalue weighted by molar-refractivity contribution is 7.89. The summed E-state index contributed by atoms with van der Waals surface area (Å²) in [6, 6.07) is -0.123. The van der Waals surface area contributed by atoms with Gasteiger partial charge in [-0.05, 0) is 25.7 Å². The highest BCUT2D eigenvalue weighted by Crippen LogP contribution is 2.25. The van der Waals surface area contributed by atoms with E-state index < -0.39 is 16.1 Å². The van der Waals surface area contributed by atoms with E-state index in [2.05, 4.69) is 5.48 Å². The van der Waals surface area contributed by atoms with E-state index in [1.54, 1.807) is 11.9 Å². The Morgan fingerprint density at radius 1 is 1.40 bits per heavy atom. The molecule has 2 unspecified atom stereocenters. The molecule has 1 amide bonds. The fraction of sp³-hybridized carbons (Fsp3) is 0.917. The van der Waals surface area contributed by atoms with Crippen LogP contribution in [0.5, 0.6) is 0 Å². The number of fused-ring (bicyclic) bond motifs is 1. The maximum atomic E-state index is 12.0. The maximum Gasteiger partial charge on any atom is 0.430 e. The van der Waals surface area contributed by atoms with Crippen LogP contribution in [0.4, 0.5) is 4.79 Å². The predicted molar refractivity (Wildman–Crippen MR) is 74.2 cm³/mol. The SMILES string of the molecule is CCCS(=O)(=O)N(C)CC1CCCCC2NOC(=O)N12. The van der Waals surface area contributed by atoms with Gasteiger partial charge in [-0.2, -0.15) is 0 Å². The summed E-state index contributed by atoms with van der Waals surface area (Å²) in [6.45, 7) is 2.17. The largest absolute Gasteiger partial charge is 0.430 e. The van der Waals surface area contributed by atoms with E-state index in [0.29, 0.717) is 13.0 Å². The van der Waals surface area contributed by atoms with E-state index in [0.717, 1.165) is 25.7 Å². The lowest BCUT2D eigenvalue weighted by Crippen LogP contribution is -2.49. The molecule has 8 heteroatoms. The van der Waals surface area contributed by atoms with Crippen LogP contribution >= 0.6 is 0 Å². The molecule has 2 aliphatic rings. The van der Waals surface area contributed by atoms with Gasteiger partial charge in [0.1, 0.15) is 6.17 Å². The number of amides is 1. The molecule has 0 aromatic rings. The second-order valence-electron chi connectivity index (χ2n) is 5.44. The molecule has 7 nitrogen and oxygen atoms in total. The molecule has 2 heterocycles. The number of hydrogen-bond acceptors (Lipinski definition) is 5. The Bertz CT molecular complexity index is 454. The summed E-state index contributed by atoms with van der Waals surface area (Å²) in [5.74, 6) is 0.141. The van der Waals surface area contributed by atoms with Gasteiger partial charge < -0.3 is 4.84 Å². The van der Waals surface area contributed by atoms with Crippen LogP contribution < -0.4 is 5.48 Å². The Balaban J connectivity index is 2.08. The first-order chi connectivity index (χ1) is 9.45. The zero-order valence-electron chi connectivity index (χ0n) is 12.0. The minimum Gasteiger partial charge on any atom is -0.352 e. The van der Waals surface area contributed by atoms with Gasteiger partial charge in [0.05, 0.1) is 11.8 Å². The fourth-order valence-corrected chi connectivity index (χ4v) is 4.04. The van der Waals surface area contributed by atoms with Crippen molar-refractivity contribution in [2.24, 2.45) is 0 Å². The number of hydroxylamine groups is 1. The topological polar surface area (TPSA) is 79.0 Å². The monoisotopic (exact) mass is 305 g/mol. The molecular weight excluding hydrogens is 282 g/mol. The molecular formula is C12H23N3O4S. The fourth-order valence-electron chi connectivity index (χ4n) is 2.82. The average Bonchev–Trinajstić information content (AvgIpc) is 2.62. The van der Waals surface area contributed by atoms with Gasteiger partial charge in [0.2, 0.25) is 10.0 Å². The molecule has 0 aromatic heterocycles. The quantitative estimate of drug-likeness (QED) is 0.816. The summed E-state index contributed by atoms with van der Waals surface area (Å²) >= 11 is 0. The average molecular weight is 305 g/mol. The third-order valence-electron chi connectivity index (χ3n) is 3.89. The van der Waals surface area contributed by atoms with Crippen molar-refractivity contribution in [2.45, 2.75) is 51.2 Å². The van der Waals surface area contributed by atoms with Gasteiger partial charge in [0, 0.05) is 13.6 Å². The first-order valence-corrected chi connectivity index (χ1v) is 8.75. The van der Waals surface area contributed by atoms with Crippen LogP contribution in [-0.2, 0) is 14.9 Å².